The number of thiazole rings is 1. The van der Waals surface area contributed by atoms with E-state index in [1.54, 1.807) is 36.4 Å². The first kappa shape index (κ1) is 27.4. The zero-order valence-corrected chi connectivity index (χ0v) is 22.6. The summed E-state index contributed by atoms with van der Waals surface area (Å²) in [6.07, 6.45) is 1.69. The van der Waals surface area contributed by atoms with E-state index in [-0.39, 0.29) is 5.91 Å². The summed E-state index contributed by atoms with van der Waals surface area (Å²) < 4.78 is 0. The van der Waals surface area contributed by atoms with Crippen molar-refractivity contribution in [3.05, 3.63) is 106 Å². The van der Waals surface area contributed by atoms with Crippen LogP contribution in [0.2, 0.25) is 10.0 Å². The molecule has 4 rings (SSSR count). The van der Waals surface area contributed by atoms with Crippen LogP contribution in [0.5, 0.6) is 0 Å². The quantitative estimate of drug-likeness (QED) is 0.142. The third kappa shape index (κ3) is 7.45. The van der Waals surface area contributed by atoms with Crippen molar-refractivity contribution in [1.29, 1.82) is 0 Å². The van der Waals surface area contributed by atoms with Crippen LogP contribution in [-0.2, 0) is 14.4 Å². The number of carbonyl (C=O) groups is 3. The Labute approximate surface area is 236 Å². The number of amides is 2. The fraction of sp³-hybridized carbons (Fsp3) is 0.0370. The molecule has 2 amide bonds. The minimum Gasteiger partial charge on any atom is -0.478 e. The van der Waals surface area contributed by atoms with Crippen LogP contribution in [0.15, 0.2) is 95.2 Å². The van der Waals surface area contributed by atoms with E-state index in [0.717, 1.165) is 28.2 Å². The Morgan fingerprint density at radius 2 is 1.71 bits per heavy atom. The number of halogens is 2. The smallest absolute Gasteiger partial charge is 0.328 e. The van der Waals surface area contributed by atoms with E-state index in [0.29, 0.717) is 26.6 Å². The predicted octanol–water partition coefficient (Wildman–Crippen LogP) is 7.17. The second kappa shape index (κ2) is 12.7. The first-order valence-corrected chi connectivity index (χ1v) is 13.6. The van der Waals surface area contributed by atoms with Crippen molar-refractivity contribution in [3.63, 3.8) is 0 Å². The summed E-state index contributed by atoms with van der Waals surface area (Å²) in [6, 6.07) is 21.5. The number of carbonyl (C=O) groups excluding carboxylic acids is 2. The molecule has 1 unspecified atom stereocenters. The number of hydrogen-bond donors (Lipinski definition) is 3. The van der Waals surface area contributed by atoms with E-state index >= 15 is 0 Å². The first-order valence-electron chi connectivity index (χ1n) is 11.0. The van der Waals surface area contributed by atoms with Crippen LogP contribution in [0.1, 0.15) is 10.8 Å². The molecule has 38 heavy (non-hydrogen) atoms. The molecule has 0 bridgehead atoms. The molecule has 1 atom stereocenters. The van der Waals surface area contributed by atoms with Crippen molar-refractivity contribution in [1.82, 2.24) is 4.98 Å². The average Bonchev–Trinajstić information content (AvgIpc) is 3.36. The number of rotatable bonds is 9. The van der Waals surface area contributed by atoms with Gasteiger partial charge in [-0.3, -0.25) is 9.59 Å². The Morgan fingerprint density at radius 1 is 0.921 bits per heavy atom. The SMILES string of the molecule is O=C(O)/C=C/C(=O)Nc1cccc(SC(C(=O)Nc2nc(-c3ccc(Cl)c(Cl)c3)cs2)c2ccccc2)c1. The van der Waals surface area contributed by atoms with Crippen molar-refractivity contribution in [2.45, 2.75) is 10.1 Å². The topological polar surface area (TPSA) is 108 Å². The van der Waals surface area contributed by atoms with Crippen LogP contribution in [0, 0.1) is 0 Å². The highest BCUT2D eigenvalue weighted by Gasteiger charge is 2.23. The second-order valence-electron chi connectivity index (χ2n) is 7.75. The van der Waals surface area contributed by atoms with Gasteiger partial charge in [0.15, 0.2) is 5.13 Å². The van der Waals surface area contributed by atoms with Crippen molar-refractivity contribution in [2.75, 3.05) is 10.6 Å². The monoisotopic (exact) mass is 583 g/mol. The summed E-state index contributed by atoms with van der Waals surface area (Å²) in [6.45, 7) is 0. The standard InChI is InChI=1S/C27H19Cl2N3O4S2/c28-20-10-9-17(13-21(20)29)22-15-37-27(31-22)32-26(36)25(16-5-2-1-3-6-16)38-19-8-4-7-18(14-19)30-23(33)11-12-24(34)35/h1-15,25H,(H,30,33)(H,34,35)(H,31,32,36)/b12-11+. The molecule has 0 radical (unpaired) electrons. The Hall–Kier alpha value is -3.63. The Morgan fingerprint density at radius 3 is 2.45 bits per heavy atom. The minimum absolute atomic E-state index is 0.268. The van der Waals surface area contributed by atoms with Crippen LogP contribution in [0.25, 0.3) is 11.3 Å². The molecular weight excluding hydrogens is 565 g/mol. The molecule has 0 fully saturated rings. The fourth-order valence-electron chi connectivity index (χ4n) is 3.31. The fourth-order valence-corrected chi connectivity index (χ4v) is 5.41. The lowest BCUT2D eigenvalue weighted by atomic mass is 10.1. The van der Waals surface area contributed by atoms with Crippen LogP contribution in [0.3, 0.4) is 0 Å². The number of carboxylic acid groups (broad SMARTS) is 1. The number of anilines is 2. The van der Waals surface area contributed by atoms with Crippen LogP contribution >= 0.6 is 46.3 Å². The van der Waals surface area contributed by atoms with Gasteiger partial charge in [-0.2, -0.15) is 0 Å². The lowest BCUT2D eigenvalue weighted by molar-refractivity contribution is -0.131. The maximum absolute atomic E-state index is 13.4. The largest absolute Gasteiger partial charge is 0.478 e. The van der Waals surface area contributed by atoms with Crippen LogP contribution < -0.4 is 10.6 Å². The summed E-state index contributed by atoms with van der Waals surface area (Å²) in [7, 11) is 0. The lowest BCUT2D eigenvalue weighted by Crippen LogP contribution is -2.19. The van der Waals surface area contributed by atoms with Gasteiger partial charge in [-0.1, -0.05) is 65.7 Å². The normalized spacial score (nSPS) is 11.7. The van der Waals surface area contributed by atoms with Crippen molar-refractivity contribution < 1.29 is 19.5 Å². The molecule has 3 N–H and O–H groups in total. The number of hydrogen-bond acceptors (Lipinski definition) is 6. The maximum Gasteiger partial charge on any atom is 0.328 e. The molecule has 11 heteroatoms. The van der Waals surface area contributed by atoms with Gasteiger partial charge < -0.3 is 15.7 Å². The summed E-state index contributed by atoms with van der Waals surface area (Å²) in [5.41, 5.74) is 2.69. The van der Waals surface area contributed by atoms with Gasteiger partial charge in [0.05, 0.1) is 15.7 Å². The summed E-state index contributed by atoms with van der Waals surface area (Å²) in [5.74, 6) is -2.06. The average molecular weight is 585 g/mol. The Bertz CT molecular complexity index is 1510. The molecule has 7 nitrogen and oxygen atoms in total. The van der Waals surface area contributed by atoms with Gasteiger partial charge in [0, 0.05) is 33.7 Å². The Balaban J connectivity index is 1.52. The first-order chi connectivity index (χ1) is 18.3. The minimum atomic E-state index is -1.22. The molecule has 0 aliphatic rings. The van der Waals surface area contributed by atoms with E-state index in [2.05, 4.69) is 15.6 Å². The van der Waals surface area contributed by atoms with E-state index < -0.39 is 17.1 Å². The summed E-state index contributed by atoms with van der Waals surface area (Å²) in [5, 5.41) is 16.7. The molecule has 0 saturated carbocycles. The molecule has 0 aliphatic carbocycles. The number of nitrogens with one attached hydrogen (secondary N) is 2. The number of aliphatic carboxylic acids is 1. The molecule has 0 saturated heterocycles. The van der Waals surface area contributed by atoms with Crippen molar-refractivity contribution >= 4 is 74.9 Å². The van der Waals surface area contributed by atoms with E-state index in [4.69, 9.17) is 28.3 Å². The second-order valence-corrected chi connectivity index (χ2v) is 10.6. The lowest BCUT2D eigenvalue weighted by Gasteiger charge is -2.17. The van der Waals surface area contributed by atoms with Gasteiger partial charge in [0.25, 0.3) is 0 Å². The highest BCUT2D eigenvalue weighted by molar-refractivity contribution is 8.00. The van der Waals surface area contributed by atoms with Gasteiger partial charge in [-0.05, 0) is 35.9 Å². The molecule has 0 aliphatic heterocycles. The van der Waals surface area contributed by atoms with Crippen LogP contribution in [-0.4, -0.2) is 27.9 Å². The third-order valence-electron chi connectivity index (χ3n) is 5.02. The van der Waals surface area contributed by atoms with Gasteiger partial charge in [0.1, 0.15) is 5.25 Å². The van der Waals surface area contributed by atoms with E-state index in [9.17, 15) is 14.4 Å². The van der Waals surface area contributed by atoms with E-state index in [1.807, 2.05) is 41.8 Å². The zero-order chi connectivity index (χ0) is 27.1. The summed E-state index contributed by atoms with van der Waals surface area (Å²) >= 11 is 14.7. The van der Waals surface area contributed by atoms with E-state index in [1.165, 1.54) is 23.1 Å². The number of carboxylic acids is 1. The number of nitrogens with zero attached hydrogens (tertiary/aromatic N) is 1. The van der Waals surface area contributed by atoms with Crippen molar-refractivity contribution in [3.8, 4) is 11.3 Å². The number of aromatic nitrogens is 1. The predicted molar refractivity (Wildman–Crippen MR) is 153 cm³/mol. The molecule has 1 aromatic heterocycles. The van der Waals surface area contributed by atoms with Gasteiger partial charge >= 0.3 is 5.97 Å². The highest BCUT2D eigenvalue weighted by atomic mass is 35.5. The molecule has 192 valence electrons. The number of benzene rings is 3. The molecule has 0 spiro atoms. The molecular formula is C27H19Cl2N3O4S2. The Kier molecular flexibility index (Phi) is 9.19. The number of thioether (sulfide) groups is 1. The van der Waals surface area contributed by atoms with Crippen LogP contribution in [0.4, 0.5) is 10.8 Å². The van der Waals surface area contributed by atoms with Gasteiger partial charge in [0.2, 0.25) is 11.8 Å². The molecule has 3 aromatic carbocycles. The molecule has 4 aromatic rings. The van der Waals surface area contributed by atoms with Crippen molar-refractivity contribution in [2.24, 2.45) is 0 Å². The third-order valence-corrected chi connectivity index (χ3v) is 7.77. The highest BCUT2D eigenvalue weighted by Crippen LogP contribution is 2.38. The zero-order valence-electron chi connectivity index (χ0n) is 19.4. The molecule has 1 heterocycles. The van der Waals surface area contributed by atoms with Gasteiger partial charge in [-0.15, -0.1) is 23.1 Å². The van der Waals surface area contributed by atoms with Gasteiger partial charge in [-0.25, -0.2) is 9.78 Å². The summed E-state index contributed by atoms with van der Waals surface area (Å²) in [4.78, 5) is 41.3. The maximum atomic E-state index is 13.4.